The number of nitriles is 1. The first-order chi connectivity index (χ1) is 14.5. The molecule has 2 atom stereocenters. The van der Waals surface area contributed by atoms with Crippen LogP contribution in [-0.4, -0.2) is 64.1 Å². The molecule has 0 radical (unpaired) electrons. The van der Waals surface area contributed by atoms with Gasteiger partial charge in [0.15, 0.2) is 5.65 Å². The van der Waals surface area contributed by atoms with E-state index in [0.717, 1.165) is 11.8 Å². The maximum Gasteiger partial charge on any atom is 0.341 e. The van der Waals surface area contributed by atoms with Crippen LogP contribution in [-0.2, 0) is 4.79 Å². The quantitative estimate of drug-likeness (QED) is 0.418. The van der Waals surface area contributed by atoms with E-state index in [9.17, 15) is 9.59 Å². The zero-order chi connectivity index (χ0) is 21.7. The van der Waals surface area contributed by atoms with Crippen molar-refractivity contribution in [3.63, 3.8) is 0 Å². The van der Waals surface area contributed by atoms with Gasteiger partial charge in [-0.15, -0.1) is 6.58 Å². The summed E-state index contributed by atoms with van der Waals surface area (Å²) >= 11 is 0. The van der Waals surface area contributed by atoms with Crippen LogP contribution in [0.1, 0.15) is 19.8 Å². The van der Waals surface area contributed by atoms with Gasteiger partial charge in [-0.1, -0.05) is 13.0 Å². The Kier molecular flexibility index (Phi) is 6.64. The van der Waals surface area contributed by atoms with Gasteiger partial charge in [0.25, 0.3) is 0 Å². The monoisotopic (exact) mass is 410 g/mol. The van der Waals surface area contributed by atoms with Crippen LogP contribution in [0, 0.1) is 17.2 Å². The summed E-state index contributed by atoms with van der Waals surface area (Å²) in [6.07, 6.45) is 5.45. The van der Waals surface area contributed by atoms with Crippen molar-refractivity contribution < 1.29 is 9.59 Å². The van der Waals surface area contributed by atoms with E-state index in [1.54, 1.807) is 23.2 Å². The van der Waals surface area contributed by atoms with Crippen molar-refractivity contribution in [2.75, 3.05) is 31.6 Å². The molecule has 1 fully saturated rings. The van der Waals surface area contributed by atoms with Crippen molar-refractivity contribution in [3.05, 3.63) is 31.2 Å². The smallest absolute Gasteiger partial charge is 0.341 e. The highest BCUT2D eigenvalue weighted by molar-refractivity contribution is 5.94. The summed E-state index contributed by atoms with van der Waals surface area (Å²) in [5.41, 5.74) is 5.83. The van der Waals surface area contributed by atoms with Crippen LogP contribution in [0.2, 0.25) is 0 Å². The second-order valence-corrected chi connectivity index (χ2v) is 7.34. The second kappa shape index (κ2) is 9.37. The summed E-state index contributed by atoms with van der Waals surface area (Å²) in [5.74, 6) is 0.877. The van der Waals surface area contributed by atoms with E-state index in [1.807, 2.05) is 18.0 Å². The third-order valence-electron chi connectivity index (χ3n) is 5.45. The summed E-state index contributed by atoms with van der Waals surface area (Å²) < 4.78 is 1.41. The van der Waals surface area contributed by atoms with Crippen molar-refractivity contribution in [2.45, 2.75) is 25.8 Å². The van der Waals surface area contributed by atoms with Crippen molar-refractivity contribution >= 4 is 28.8 Å². The molecule has 1 aliphatic heterocycles. The highest BCUT2D eigenvalue weighted by atomic mass is 16.2. The molecule has 0 aliphatic carbocycles. The summed E-state index contributed by atoms with van der Waals surface area (Å²) in [6, 6.07) is 3.41. The predicted molar refractivity (Wildman–Crippen MR) is 112 cm³/mol. The minimum absolute atomic E-state index is 0.0333. The molecule has 0 unspecified atom stereocenters. The average Bonchev–Trinajstić information content (AvgIpc) is 3.18. The zero-order valence-corrected chi connectivity index (χ0v) is 17.2. The number of anilines is 1. The topological polar surface area (TPSA) is 119 Å². The van der Waals surface area contributed by atoms with Gasteiger partial charge >= 0.3 is 6.03 Å². The maximum absolute atomic E-state index is 12.4. The Bertz CT molecular complexity index is 979. The molecule has 3 heterocycles. The number of likely N-dealkylation sites (tertiary alicyclic amines) is 1. The number of hydrogen-bond acceptors (Lipinski definition) is 7. The number of aromatic nitrogens is 3. The van der Waals surface area contributed by atoms with Crippen LogP contribution in [0.3, 0.4) is 0 Å². The number of amides is 2. The molecule has 2 aromatic rings. The zero-order valence-electron chi connectivity index (χ0n) is 17.2. The maximum atomic E-state index is 12.4. The fourth-order valence-electron chi connectivity index (χ4n) is 3.76. The SMILES string of the molecule is C=CCNNC(=O)n1ccc2c(N(C)[C@H]3CN(C(=O)CC#N)CC[C@H]3C)ncnc21. The Hall–Kier alpha value is -3.45. The lowest BCUT2D eigenvalue weighted by Crippen LogP contribution is -2.52. The fraction of sp³-hybridized carbons (Fsp3) is 0.450. The third kappa shape index (κ3) is 4.26. The first kappa shape index (κ1) is 21.3. The van der Waals surface area contributed by atoms with Gasteiger partial charge in [-0.25, -0.2) is 20.2 Å². The average molecular weight is 410 g/mol. The van der Waals surface area contributed by atoms with E-state index in [-0.39, 0.29) is 24.4 Å². The van der Waals surface area contributed by atoms with Crippen LogP contribution in [0.25, 0.3) is 11.0 Å². The number of hydrogen-bond donors (Lipinski definition) is 2. The predicted octanol–water partition coefficient (Wildman–Crippen LogP) is 1.27. The summed E-state index contributed by atoms with van der Waals surface area (Å²) in [5, 5.41) is 9.58. The molecule has 2 aromatic heterocycles. The Morgan fingerprint density at radius 1 is 1.47 bits per heavy atom. The molecule has 2 amide bonds. The number of fused-ring (bicyclic) bond motifs is 1. The lowest BCUT2D eigenvalue weighted by molar-refractivity contribution is -0.131. The van der Waals surface area contributed by atoms with E-state index < -0.39 is 0 Å². The number of piperidine rings is 1. The molecular weight excluding hydrogens is 384 g/mol. The van der Waals surface area contributed by atoms with Crippen molar-refractivity contribution in [1.82, 2.24) is 30.3 Å². The molecule has 3 rings (SSSR count). The second-order valence-electron chi connectivity index (χ2n) is 7.34. The van der Waals surface area contributed by atoms with Gasteiger partial charge in [0.1, 0.15) is 18.6 Å². The first-order valence-electron chi connectivity index (χ1n) is 9.81. The Balaban J connectivity index is 1.85. The van der Waals surface area contributed by atoms with Crippen LogP contribution in [0.4, 0.5) is 10.6 Å². The third-order valence-corrected chi connectivity index (χ3v) is 5.45. The molecule has 0 spiro atoms. The molecule has 0 saturated carbocycles. The number of carbonyl (C=O) groups is 2. The van der Waals surface area contributed by atoms with Crippen LogP contribution in [0.15, 0.2) is 31.2 Å². The van der Waals surface area contributed by atoms with E-state index >= 15 is 0 Å². The lowest BCUT2D eigenvalue weighted by atomic mass is 9.92. The molecule has 2 N–H and O–H groups in total. The van der Waals surface area contributed by atoms with Crippen molar-refractivity contribution in [1.29, 1.82) is 5.26 Å². The Morgan fingerprint density at radius 3 is 3.00 bits per heavy atom. The van der Waals surface area contributed by atoms with Gasteiger partial charge in [-0.2, -0.15) is 5.26 Å². The molecule has 10 heteroatoms. The van der Waals surface area contributed by atoms with E-state index in [4.69, 9.17) is 5.26 Å². The van der Waals surface area contributed by atoms with Crippen LogP contribution in [0.5, 0.6) is 0 Å². The van der Waals surface area contributed by atoms with E-state index in [2.05, 4.69) is 34.3 Å². The number of rotatable bonds is 6. The van der Waals surface area contributed by atoms with Crippen molar-refractivity contribution in [2.24, 2.45) is 5.92 Å². The van der Waals surface area contributed by atoms with Crippen molar-refractivity contribution in [3.8, 4) is 6.07 Å². The highest BCUT2D eigenvalue weighted by Crippen LogP contribution is 2.29. The normalized spacial score (nSPS) is 18.6. The number of carbonyl (C=O) groups excluding carboxylic acids is 2. The van der Waals surface area contributed by atoms with E-state index in [1.165, 1.54) is 10.9 Å². The highest BCUT2D eigenvalue weighted by Gasteiger charge is 2.32. The number of nitrogens with one attached hydrogen (secondary N) is 2. The fourth-order valence-corrected chi connectivity index (χ4v) is 3.76. The molecule has 1 aliphatic rings. The van der Waals surface area contributed by atoms with Gasteiger partial charge in [-0.05, 0) is 18.4 Å². The largest absolute Gasteiger partial charge is 0.354 e. The summed E-state index contributed by atoms with van der Waals surface area (Å²) in [6.45, 7) is 7.35. The summed E-state index contributed by atoms with van der Waals surface area (Å²) in [4.78, 5) is 37.1. The van der Waals surface area contributed by atoms with E-state index in [0.29, 0.717) is 37.0 Å². The molecule has 10 nitrogen and oxygen atoms in total. The number of hydrazine groups is 1. The Morgan fingerprint density at radius 2 is 2.27 bits per heavy atom. The van der Waals surface area contributed by atoms with Crippen LogP contribution >= 0.6 is 0 Å². The first-order valence-corrected chi connectivity index (χ1v) is 9.81. The number of nitrogens with zero attached hydrogens (tertiary/aromatic N) is 6. The molecule has 0 aromatic carbocycles. The Labute approximate surface area is 175 Å². The molecular formula is C20H26N8O2. The molecule has 30 heavy (non-hydrogen) atoms. The van der Waals surface area contributed by atoms with Gasteiger partial charge in [0.05, 0.1) is 17.5 Å². The number of likely N-dealkylation sites (N-methyl/N-ethyl adjacent to an activating group) is 1. The van der Waals surface area contributed by atoms with Gasteiger partial charge in [0.2, 0.25) is 5.91 Å². The molecule has 158 valence electrons. The van der Waals surface area contributed by atoms with Gasteiger partial charge in [0, 0.05) is 32.9 Å². The molecule has 1 saturated heterocycles. The summed E-state index contributed by atoms with van der Waals surface area (Å²) in [7, 11) is 1.93. The standard InChI is InChI=1S/C20H26N8O2/c1-4-9-24-25-20(30)28-11-7-15-18(22-13-23-19(15)28)26(3)16-12-27(10-6-14(16)2)17(29)5-8-21/h4,7,11,13-14,16,24H,1,5-6,9-10,12H2,2-3H3,(H,25,30)/t14-,16+/m1/s1. The molecule has 0 bridgehead atoms. The van der Waals surface area contributed by atoms with Gasteiger partial charge < -0.3 is 9.80 Å². The van der Waals surface area contributed by atoms with Gasteiger partial charge in [-0.3, -0.25) is 14.8 Å². The van der Waals surface area contributed by atoms with Crippen LogP contribution < -0.4 is 15.8 Å². The minimum atomic E-state index is -0.363. The lowest BCUT2D eigenvalue weighted by Gasteiger charge is -2.42. The minimum Gasteiger partial charge on any atom is -0.354 e.